The lowest BCUT2D eigenvalue weighted by atomic mass is 10.1. The molecule has 0 aliphatic carbocycles. The molecular formula is C10H6Cl2N2O2. The van der Waals surface area contributed by atoms with Gasteiger partial charge in [0.05, 0.1) is 10.0 Å². The number of hydrogen-bond acceptors (Lipinski definition) is 2. The summed E-state index contributed by atoms with van der Waals surface area (Å²) in [5.41, 5.74) is 0.879. The second-order valence-corrected chi connectivity index (χ2v) is 3.84. The fraction of sp³-hybridized carbons (Fsp3) is 0. The number of carboxylic acids is 1. The van der Waals surface area contributed by atoms with Crippen molar-refractivity contribution in [3.05, 3.63) is 40.1 Å². The van der Waals surface area contributed by atoms with E-state index in [4.69, 9.17) is 28.3 Å². The van der Waals surface area contributed by atoms with Gasteiger partial charge in [-0.2, -0.15) is 5.10 Å². The number of halogens is 2. The van der Waals surface area contributed by atoms with Gasteiger partial charge in [0.2, 0.25) is 0 Å². The third kappa shape index (κ3) is 1.77. The molecule has 6 heteroatoms. The molecule has 82 valence electrons. The number of rotatable bonds is 2. The van der Waals surface area contributed by atoms with Crippen LogP contribution >= 0.6 is 23.2 Å². The van der Waals surface area contributed by atoms with E-state index in [0.717, 1.165) is 0 Å². The Morgan fingerprint density at radius 1 is 1.31 bits per heavy atom. The van der Waals surface area contributed by atoms with Crippen LogP contribution in [-0.4, -0.2) is 21.3 Å². The minimum Gasteiger partial charge on any atom is -0.476 e. The summed E-state index contributed by atoms with van der Waals surface area (Å²) in [6, 6.07) is 5.02. The van der Waals surface area contributed by atoms with Crippen molar-refractivity contribution >= 4 is 29.2 Å². The summed E-state index contributed by atoms with van der Waals surface area (Å²) in [7, 11) is 0. The number of nitrogens with one attached hydrogen (secondary N) is 1. The first kappa shape index (κ1) is 11.0. The van der Waals surface area contributed by atoms with Gasteiger partial charge >= 0.3 is 5.97 Å². The summed E-state index contributed by atoms with van der Waals surface area (Å²) in [4.78, 5) is 10.9. The zero-order chi connectivity index (χ0) is 11.7. The fourth-order valence-corrected chi connectivity index (χ4v) is 1.77. The smallest absolute Gasteiger partial charge is 0.357 e. The highest BCUT2D eigenvalue weighted by atomic mass is 35.5. The minimum absolute atomic E-state index is 0.0795. The lowest BCUT2D eigenvalue weighted by molar-refractivity contribution is 0.0691. The molecule has 1 aromatic heterocycles. The van der Waals surface area contributed by atoms with Gasteiger partial charge in [-0.3, -0.25) is 5.10 Å². The van der Waals surface area contributed by atoms with E-state index in [9.17, 15) is 4.79 Å². The highest BCUT2D eigenvalue weighted by Crippen LogP contribution is 2.34. The Kier molecular flexibility index (Phi) is 2.85. The summed E-state index contributed by atoms with van der Waals surface area (Å²) in [6.45, 7) is 0. The van der Waals surface area contributed by atoms with Gasteiger partial charge in [-0.1, -0.05) is 35.3 Å². The molecule has 0 fully saturated rings. The largest absolute Gasteiger partial charge is 0.476 e. The fourth-order valence-electron chi connectivity index (χ4n) is 1.37. The van der Waals surface area contributed by atoms with E-state index >= 15 is 0 Å². The topological polar surface area (TPSA) is 66.0 Å². The summed E-state index contributed by atoms with van der Waals surface area (Å²) >= 11 is 11.8. The average molecular weight is 257 g/mol. The number of benzene rings is 1. The summed E-state index contributed by atoms with van der Waals surface area (Å²) in [5, 5.41) is 15.7. The second kappa shape index (κ2) is 4.15. The van der Waals surface area contributed by atoms with Gasteiger partial charge in [0, 0.05) is 17.3 Å². The lowest BCUT2D eigenvalue weighted by Gasteiger charge is -2.03. The van der Waals surface area contributed by atoms with Crippen molar-refractivity contribution in [1.29, 1.82) is 0 Å². The molecule has 2 N–H and O–H groups in total. The van der Waals surface area contributed by atoms with Gasteiger partial charge in [-0.25, -0.2) is 4.79 Å². The Balaban J connectivity index is 2.63. The van der Waals surface area contributed by atoms with Crippen LogP contribution in [0.3, 0.4) is 0 Å². The van der Waals surface area contributed by atoms with E-state index in [1.807, 2.05) is 0 Å². The molecule has 0 saturated heterocycles. The maximum absolute atomic E-state index is 10.9. The van der Waals surface area contributed by atoms with Crippen LogP contribution in [0.1, 0.15) is 10.5 Å². The molecule has 0 spiro atoms. The van der Waals surface area contributed by atoms with Crippen LogP contribution in [0.25, 0.3) is 11.1 Å². The third-order valence-electron chi connectivity index (χ3n) is 2.08. The predicted molar refractivity (Wildman–Crippen MR) is 61.0 cm³/mol. The lowest BCUT2D eigenvalue weighted by Crippen LogP contribution is -1.99. The predicted octanol–water partition coefficient (Wildman–Crippen LogP) is 3.08. The Hall–Kier alpha value is -1.52. The minimum atomic E-state index is -1.12. The Morgan fingerprint density at radius 3 is 2.75 bits per heavy atom. The van der Waals surface area contributed by atoms with E-state index < -0.39 is 5.97 Å². The highest BCUT2D eigenvalue weighted by molar-refractivity contribution is 6.43. The summed E-state index contributed by atoms with van der Waals surface area (Å²) in [5.74, 6) is -1.12. The summed E-state index contributed by atoms with van der Waals surface area (Å²) in [6.07, 6.45) is 1.47. The van der Waals surface area contributed by atoms with Crippen molar-refractivity contribution < 1.29 is 9.90 Å². The van der Waals surface area contributed by atoms with Crippen LogP contribution in [0, 0.1) is 0 Å². The first-order valence-electron chi connectivity index (χ1n) is 4.32. The Bertz CT molecular complexity index is 552. The van der Waals surface area contributed by atoms with Gasteiger partial charge < -0.3 is 5.11 Å². The van der Waals surface area contributed by atoms with Crippen LogP contribution in [0.5, 0.6) is 0 Å². The van der Waals surface area contributed by atoms with Crippen LogP contribution in [0.15, 0.2) is 24.4 Å². The molecule has 0 unspecified atom stereocenters. The highest BCUT2D eigenvalue weighted by Gasteiger charge is 2.17. The molecule has 0 radical (unpaired) electrons. The third-order valence-corrected chi connectivity index (χ3v) is 2.90. The molecule has 1 aromatic carbocycles. The first-order chi connectivity index (χ1) is 7.61. The maximum atomic E-state index is 10.9. The SMILES string of the molecule is O=C(O)c1n[nH]cc1-c1cccc(Cl)c1Cl. The quantitative estimate of drug-likeness (QED) is 0.868. The van der Waals surface area contributed by atoms with Crippen molar-refractivity contribution in [2.45, 2.75) is 0 Å². The monoisotopic (exact) mass is 256 g/mol. The van der Waals surface area contributed by atoms with Crippen molar-refractivity contribution in [3.8, 4) is 11.1 Å². The molecule has 0 aliphatic rings. The van der Waals surface area contributed by atoms with Crippen LogP contribution in [0.2, 0.25) is 10.0 Å². The molecule has 0 aliphatic heterocycles. The number of nitrogens with zero attached hydrogens (tertiary/aromatic N) is 1. The van der Waals surface area contributed by atoms with Crippen molar-refractivity contribution in [2.75, 3.05) is 0 Å². The van der Waals surface area contributed by atoms with Crippen molar-refractivity contribution in [3.63, 3.8) is 0 Å². The zero-order valence-corrected chi connectivity index (χ0v) is 9.38. The van der Waals surface area contributed by atoms with Crippen LogP contribution in [-0.2, 0) is 0 Å². The average Bonchev–Trinajstić information content (AvgIpc) is 2.70. The molecule has 16 heavy (non-hydrogen) atoms. The van der Waals surface area contributed by atoms with E-state index in [-0.39, 0.29) is 5.69 Å². The van der Waals surface area contributed by atoms with Gasteiger partial charge in [-0.15, -0.1) is 0 Å². The second-order valence-electron chi connectivity index (χ2n) is 3.05. The number of hydrogen-bond donors (Lipinski definition) is 2. The van der Waals surface area contributed by atoms with Crippen LogP contribution in [0.4, 0.5) is 0 Å². The Labute approximate surface area is 101 Å². The molecule has 4 nitrogen and oxygen atoms in total. The molecule has 2 rings (SSSR count). The molecule has 0 amide bonds. The maximum Gasteiger partial charge on any atom is 0.357 e. The van der Waals surface area contributed by atoms with Gasteiger partial charge in [0.15, 0.2) is 5.69 Å². The molecular weight excluding hydrogens is 251 g/mol. The normalized spacial score (nSPS) is 10.4. The van der Waals surface area contributed by atoms with E-state index in [2.05, 4.69) is 10.2 Å². The number of aromatic amines is 1. The molecule has 0 bridgehead atoms. The van der Waals surface area contributed by atoms with Crippen LogP contribution < -0.4 is 0 Å². The standard InChI is InChI=1S/C10H6Cl2N2O2/c11-7-3-1-2-5(8(7)12)6-4-13-14-9(6)10(15)16/h1-4H,(H,13,14)(H,15,16). The van der Waals surface area contributed by atoms with Gasteiger partial charge in [0.25, 0.3) is 0 Å². The molecule has 0 saturated carbocycles. The Morgan fingerprint density at radius 2 is 2.06 bits per heavy atom. The molecule has 1 heterocycles. The number of carboxylic acid groups (broad SMARTS) is 1. The van der Waals surface area contributed by atoms with E-state index in [0.29, 0.717) is 21.2 Å². The van der Waals surface area contributed by atoms with Crippen molar-refractivity contribution in [1.82, 2.24) is 10.2 Å². The number of carbonyl (C=O) groups is 1. The van der Waals surface area contributed by atoms with E-state index in [1.165, 1.54) is 6.20 Å². The number of aromatic carboxylic acids is 1. The van der Waals surface area contributed by atoms with Crippen molar-refractivity contribution in [2.24, 2.45) is 0 Å². The molecule has 2 aromatic rings. The van der Waals surface area contributed by atoms with Gasteiger partial charge in [-0.05, 0) is 6.07 Å². The van der Waals surface area contributed by atoms with E-state index in [1.54, 1.807) is 18.2 Å². The van der Waals surface area contributed by atoms with Gasteiger partial charge in [0.1, 0.15) is 0 Å². The zero-order valence-electron chi connectivity index (χ0n) is 7.87. The molecule has 0 atom stereocenters. The summed E-state index contributed by atoms with van der Waals surface area (Å²) < 4.78 is 0. The number of H-pyrrole nitrogens is 1. The first-order valence-corrected chi connectivity index (χ1v) is 5.08. The number of aromatic nitrogens is 2.